The van der Waals surface area contributed by atoms with Crippen LogP contribution in [0.3, 0.4) is 0 Å². The van der Waals surface area contributed by atoms with Gasteiger partial charge in [-0.05, 0) is 12.1 Å². The first-order valence-corrected chi connectivity index (χ1v) is 7.88. The number of aryl methyl sites for hydroxylation is 1. The third-order valence-corrected chi connectivity index (χ3v) is 4.19. The van der Waals surface area contributed by atoms with E-state index in [9.17, 15) is 9.59 Å². The second-order valence-corrected chi connectivity index (χ2v) is 5.86. The Morgan fingerprint density at radius 2 is 1.76 bits per heavy atom. The van der Waals surface area contributed by atoms with E-state index in [1.807, 2.05) is 36.4 Å². The van der Waals surface area contributed by atoms with Crippen LogP contribution >= 0.6 is 0 Å². The Bertz CT molecular complexity index is 1190. The van der Waals surface area contributed by atoms with E-state index in [2.05, 4.69) is 4.98 Å². The van der Waals surface area contributed by atoms with Crippen molar-refractivity contribution in [2.45, 2.75) is 0 Å². The molecule has 0 radical (unpaired) electrons. The third-order valence-electron chi connectivity index (χ3n) is 4.19. The van der Waals surface area contributed by atoms with Crippen molar-refractivity contribution in [2.24, 2.45) is 7.05 Å². The van der Waals surface area contributed by atoms with Crippen LogP contribution in [0.2, 0.25) is 0 Å². The Labute approximate surface area is 143 Å². The first-order chi connectivity index (χ1) is 12.1. The molecule has 0 fully saturated rings. The predicted molar refractivity (Wildman–Crippen MR) is 98.5 cm³/mol. The molecule has 0 aliphatic heterocycles. The van der Waals surface area contributed by atoms with Crippen molar-refractivity contribution in [1.82, 2.24) is 14.5 Å². The van der Waals surface area contributed by atoms with Gasteiger partial charge in [0.15, 0.2) is 5.43 Å². The number of H-pyrrole nitrogens is 1. The maximum atomic E-state index is 12.2. The van der Waals surface area contributed by atoms with E-state index in [1.165, 1.54) is 16.7 Å². The van der Waals surface area contributed by atoms with Gasteiger partial charge in [-0.3, -0.25) is 9.59 Å². The minimum Gasteiger partial charge on any atom is -0.346 e. The van der Waals surface area contributed by atoms with Crippen molar-refractivity contribution in [3.63, 3.8) is 0 Å². The Kier molecular flexibility index (Phi) is 3.54. The standard InChI is InChI=1S/C20H15N3O2/c1-23-12-14(7-8-18(23)25)15-11-16-17(24)9-10-21-20(16)22-19(15)13-5-3-2-4-6-13/h2-12H,1H3,(H,21,22,24). The summed E-state index contributed by atoms with van der Waals surface area (Å²) in [4.78, 5) is 31.7. The number of fused-ring (bicyclic) bond motifs is 1. The summed E-state index contributed by atoms with van der Waals surface area (Å²) in [6.45, 7) is 0. The fraction of sp³-hybridized carbons (Fsp3) is 0.0500. The molecule has 0 amide bonds. The Morgan fingerprint density at radius 3 is 2.52 bits per heavy atom. The Hall–Kier alpha value is -3.47. The molecule has 4 rings (SSSR count). The molecule has 1 aromatic carbocycles. The third kappa shape index (κ3) is 2.65. The SMILES string of the molecule is Cn1cc(-c2cc3c(=O)cc[nH]c3nc2-c2ccccc2)ccc1=O. The van der Waals surface area contributed by atoms with Crippen LogP contribution in [-0.4, -0.2) is 14.5 Å². The molecule has 3 aromatic heterocycles. The van der Waals surface area contributed by atoms with Crippen molar-refractivity contribution in [3.8, 4) is 22.4 Å². The highest BCUT2D eigenvalue weighted by Crippen LogP contribution is 2.31. The summed E-state index contributed by atoms with van der Waals surface area (Å²) >= 11 is 0. The van der Waals surface area contributed by atoms with Crippen molar-refractivity contribution >= 4 is 11.0 Å². The first-order valence-electron chi connectivity index (χ1n) is 7.88. The van der Waals surface area contributed by atoms with Gasteiger partial charge >= 0.3 is 0 Å². The fourth-order valence-corrected chi connectivity index (χ4v) is 2.89. The van der Waals surface area contributed by atoms with E-state index in [4.69, 9.17) is 4.98 Å². The van der Waals surface area contributed by atoms with Crippen LogP contribution in [-0.2, 0) is 7.05 Å². The lowest BCUT2D eigenvalue weighted by Crippen LogP contribution is -2.14. The van der Waals surface area contributed by atoms with Gasteiger partial charge in [0.25, 0.3) is 0 Å². The van der Waals surface area contributed by atoms with Gasteiger partial charge < -0.3 is 9.55 Å². The number of benzene rings is 1. The summed E-state index contributed by atoms with van der Waals surface area (Å²) in [5.41, 5.74) is 3.71. The number of rotatable bonds is 2. The average molecular weight is 329 g/mol. The van der Waals surface area contributed by atoms with Gasteiger partial charge in [-0.1, -0.05) is 30.3 Å². The number of nitrogens with zero attached hydrogens (tertiary/aromatic N) is 2. The zero-order valence-corrected chi connectivity index (χ0v) is 13.6. The molecule has 0 aliphatic carbocycles. The van der Waals surface area contributed by atoms with Gasteiger partial charge in [-0.25, -0.2) is 4.98 Å². The summed E-state index contributed by atoms with van der Waals surface area (Å²) < 4.78 is 1.52. The quantitative estimate of drug-likeness (QED) is 0.615. The van der Waals surface area contributed by atoms with Crippen molar-refractivity contribution in [1.29, 1.82) is 0 Å². The smallest absolute Gasteiger partial charge is 0.250 e. The highest BCUT2D eigenvalue weighted by Gasteiger charge is 2.13. The topological polar surface area (TPSA) is 67.8 Å². The number of pyridine rings is 3. The molecule has 0 aliphatic rings. The number of aromatic amines is 1. The van der Waals surface area contributed by atoms with Crippen LogP contribution in [0, 0.1) is 0 Å². The summed E-state index contributed by atoms with van der Waals surface area (Å²) in [6.07, 6.45) is 3.35. The van der Waals surface area contributed by atoms with Crippen molar-refractivity contribution in [2.75, 3.05) is 0 Å². The molecular formula is C20H15N3O2. The van der Waals surface area contributed by atoms with Gasteiger partial charge in [-0.15, -0.1) is 0 Å². The minimum absolute atomic E-state index is 0.0865. The number of hydrogen-bond acceptors (Lipinski definition) is 3. The first kappa shape index (κ1) is 15.1. The second-order valence-electron chi connectivity index (χ2n) is 5.86. The number of nitrogens with one attached hydrogen (secondary N) is 1. The summed E-state index contributed by atoms with van der Waals surface area (Å²) in [5.74, 6) is 0. The zero-order chi connectivity index (χ0) is 17.4. The predicted octanol–water partition coefficient (Wildman–Crippen LogP) is 2.96. The van der Waals surface area contributed by atoms with Crippen LogP contribution in [0.4, 0.5) is 0 Å². The molecule has 0 unspecified atom stereocenters. The van der Waals surface area contributed by atoms with E-state index < -0.39 is 0 Å². The molecule has 0 spiro atoms. The second kappa shape index (κ2) is 5.87. The molecular weight excluding hydrogens is 314 g/mol. The van der Waals surface area contributed by atoms with E-state index in [-0.39, 0.29) is 11.0 Å². The average Bonchev–Trinajstić information content (AvgIpc) is 2.64. The fourth-order valence-electron chi connectivity index (χ4n) is 2.89. The molecule has 5 heteroatoms. The van der Waals surface area contributed by atoms with Gasteiger partial charge in [0.1, 0.15) is 5.65 Å². The highest BCUT2D eigenvalue weighted by molar-refractivity contribution is 5.89. The van der Waals surface area contributed by atoms with E-state index in [1.54, 1.807) is 25.5 Å². The highest BCUT2D eigenvalue weighted by atomic mass is 16.1. The summed E-state index contributed by atoms with van der Waals surface area (Å²) in [7, 11) is 1.70. The molecule has 0 saturated carbocycles. The van der Waals surface area contributed by atoms with Crippen LogP contribution < -0.4 is 11.0 Å². The van der Waals surface area contributed by atoms with Crippen LogP contribution in [0.1, 0.15) is 0 Å². The molecule has 0 saturated heterocycles. The lowest BCUT2D eigenvalue weighted by atomic mass is 9.99. The van der Waals surface area contributed by atoms with Crippen molar-refractivity contribution in [3.05, 3.63) is 87.6 Å². The molecule has 122 valence electrons. The summed E-state index contributed by atoms with van der Waals surface area (Å²) in [6, 6.07) is 16.4. The Balaban J connectivity index is 2.09. The minimum atomic E-state index is -0.0908. The molecule has 25 heavy (non-hydrogen) atoms. The van der Waals surface area contributed by atoms with Gasteiger partial charge in [0.2, 0.25) is 5.56 Å². The summed E-state index contributed by atoms with van der Waals surface area (Å²) in [5, 5.41) is 0.519. The van der Waals surface area contributed by atoms with E-state index in [0.717, 1.165) is 22.4 Å². The van der Waals surface area contributed by atoms with Gasteiger partial charge in [0.05, 0.1) is 11.1 Å². The molecule has 5 nitrogen and oxygen atoms in total. The monoisotopic (exact) mass is 329 g/mol. The van der Waals surface area contributed by atoms with Gasteiger partial charge in [0, 0.05) is 48.3 Å². The number of aromatic nitrogens is 3. The molecule has 0 bridgehead atoms. The maximum Gasteiger partial charge on any atom is 0.250 e. The normalized spacial score (nSPS) is 10.9. The van der Waals surface area contributed by atoms with Crippen LogP contribution in [0.15, 0.2) is 76.6 Å². The molecule has 1 N–H and O–H groups in total. The lowest BCUT2D eigenvalue weighted by molar-refractivity contribution is 0.862. The lowest BCUT2D eigenvalue weighted by Gasteiger charge is -2.12. The van der Waals surface area contributed by atoms with Gasteiger partial charge in [-0.2, -0.15) is 0 Å². The maximum absolute atomic E-state index is 12.2. The van der Waals surface area contributed by atoms with Crippen LogP contribution in [0.25, 0.3) is 33.4 Å². The zero-order valence-electron chi connectivity index (χ0n) is 13.6. The number of hydrogen-bond donors (Lipinski definition) is 1. The van der Waals surface area contributed by atoms with Crippen molar-refractivity contribution < 1.29 is 0 Å². The molecule has 0 atom stereocenters. The molecule has 3 heterocycles. The Morgan fingerprint density at radius 1 is 0.960 bits per heavy atom. The van der Waals surface area contributed by atoms with E-state index in [0.29, 0.717) is 11.0 Å². The largest absolute Gasteiger partial charge is 0.346 e. The molecule has 4 aromatic rings. The van der Waals surface area contributed by atoms with E-state index >= 15 is 0 Å². The van der Waals surface area contributed by atoms with Crippen LogP contribution in [0.5, 0.6) is 0 Å².